The Morgan fingerprint density at radius 2 is 1.82 bits per heavy atom. The second kappa shape index (κ2) is 8.36. The molecule has 28 heavy (non-hydrogen) atoms. The number of rotatable bonds is 4. The Labute approximate surface area is 178 Å². The van der Waals surface area contributed by atoms with E-state index < -0.39 is 0 Å². The van der Waals surface area contributed by atoms with Gasteiger partial charge in [-0.3, -0.25) is 4.98 Å². The van der Waals surface area contributed by atoms with Crippen LogP contribution in [0.25, 0.3) is 0 Å². The lowest BCUT2D eigenvalue weighted by molar-refractivity contribution is 0.101. The molecule has 4 nitrogen and oxygen atoms in total. The van der Waals surface area contributed by atoms with Crippen LogP contribution in [0.5, 0.6) is 0 Å². The van der Waals surface area contributed by atoms with Gasteiger partial charge in [-0.15, -0.1) is 0 Å². The fourth-order valence-corrected chi connectivity index (χ4v) is 4.82. The summed E-state index contributed by atoms with van der Waals surface area (Å²) in [5.74, 6) is 0. The molecule has 1 aliphatic heterocycles. The smallest absolute Gasteiger partial charge is 0.173 e. The highest BCUT2D eigenvalue weighted by Crippen LogP contribution is 2.33. The molecule has 1 saturated heterocycles. The molecule has 1 aromatic carbocycles. The number of thiocarbonyl (C=S) groups is 1. The summed E-state index contributed by atoms with van der Waals surface area (Å²) in [5, 5.41) is 8.56. The Morgan fingerprint density at radius 1 is 1.18 bits per heavy atom. The Bertz CT molecular complexity index is 806. The first-order valence-electron chi connectivity index (χ1n) is 9.65. The van der Waals surface area contributed by atoms with Crippen LogP contribution in [-0.4, -0.2) is 32.1 Å². The van der Waals surface area contributed by atoms with Gasteiger partial charge in [0.1, 0.15) is 0 Å². The van der Waals surface area contributed by atoms with E-state index in [9.17, 15) is 0 Å². The number of pyridine rings is 1. The van der Waals surface area contributed by atoms with E-state index in [1.165, 1.54) is 5.56 Å². The maximum atomic E-state index is 6.15. The zero-order valence-corrected chi connectivity index (χ0v) is 18.6. The molecular formula is C22H29ClN4S. The van der Waals surface area contributed by atoms with E-state index in [0.29, 0.717) is 11.1 Å². The van der Waals surface area contributed by atoms with Crippen molar-refractivity contribution in [3.63, 3.8) is 0 Å². The molecule has 3 rings (SSSR count). The number of anilines is 1. The summed E-state index contributed by atoms with van der Waals surface area (Å²) < 4.78 is 0. The third-order valence-electron chi connectivity index (χ3n) is 5.05. The van der Waals surface area contributed by atoms with Gasteiger partial charge in [0.15, 0.2) is 5.11 Å². The average molecular weight is 417 g/mol. The monoisotopic (exact) mass is 416 g/mol. The number of hydrogen-bond acceptors (Lipinski definition) is 3. The molecule has 0 unspecified atom stereocenters. The lowest BCUT2D eigenvalue weighted by atomic mass is 9.79. The van der Waals surface area contributed by atoms with Crippen molar-refractivity contribution in [1.82, 2.24) is 15.2 Å². The number of halogens is 1. The van der Waals surface area contributed by atoms with Gasteiger partial charge in [-0.25, -0.2) is 0 Å². The van der Waals surface area contributed by atoms with Gasteiger partial charge in [0.25, 0.3) is 0 Å². The van der Waals surface area contributed by atoms with Crippen LogP contribution in [0.1, 0.15) is 46.1 Å². The first kappa shape index (κ1) is 21.0. The van der Waals surface area contributed by atoms with Crippen LogP contribution in [0.2, 0.25) is 5.02 Å². The largest absolute Gasteiger partial charge is 0.342 e. The van der Waals surface area contributed by atoms with Crippen molar-refractivity contribution < 1.29 is 0 Å². The summed E-state index contributed by atoms with van der Waals surface area (Å²) in [6.45, 7) is 9.79. The molecule has 2 heterocycles. The second-order valence-electron chi connectivity index (χ2n) is 8.88. The van der Waals surface area contributed by atoms with Crippen molar-refractivity contribution >= 4 is 34.6 Å². The maximum Gasteiger partial charge on any atom is 0.173 e. The molecule has 0 radical (unpaired) electrons. The first-order valence-corrected chi connectivity index (χ1v) is 10.4. The summed E-state index contributed by atoms with van der Waals surface area (Å²) in [5.41, 5.74) is 2.17. The molecule has 0 atom stereocenters. The summed E-state index contributed by atoms with van der Waals surface area (Å²) in [7, 11) is 0. The minimum absolute atomic E-state index is 0.0363. The van der Waals surface area contributed by atoms with Crippen molar-refractivity contribution in [2.45, 2.75) is 64.2 Å². The van der Waals surface area contributed by atoms with E-state index in [1.807, 2.05) is 48.8 Å². The van der Waals surface area contributed by atoms with Gasteiger partial charge in [0.05, 0.1) is 0 Å². The van der Waals surface area contributed by atoms with Gasteiger partial charge in [0.2, 0.25) is 0 Å². The number of aromatic nitrogens is 1. The van der Waals surface area contributed by atoms with Crippen molar-refractivity contribution in [1.29, 1.82) is 0 Å². The van der Waals surface area contributed by atoms with E-state index in [1.54, 1.807) is 0 Å². The van der Waals surface area contributed by atoms with Crippen molar-refractivity contribution in [2.75, 3.05) is 5.32 Å². The summed E-state index contributed by atoms with van der Waals surface area (Å²) >= 11 is 12.0. The van der Waals surface area contributed by atoms with E-state index in [2.05, 4.69) is 48.2 Å². The average Bonchev–Trinajstić information content (AvgIpc) is 2.57. The van der Waals surface area contributed by atoms with Crippen LogP contribution in [-0.2, 0) is 6.54 Å². The molecule has 0 aliphatic carbocycles. The summed E-state index contributed by atoms with van der Waals surface area (Å²) in [6.07, 6.45) is 5.69. The van der Waals surface area contributed by atoms with Gasteiger partial charge in [-0.2, -0.15) is 0 Å². The summed E-state index contributed by atoms with van der Waals surface area (Å²) in [4.78, 5) is 6.46. The predicted octanol–water partition coefficient (Wildman–Crippen LogP) is 5.24. The molecule has 2 N–H and O–H groups in total. The number of hydrogen-bond donors (Lipinski definition) is 2. The number of benzene rings is 1. The van der Waals surface area contributed by atoms with Crippen molar-refractivity contribution in [3.8, 4) is 0 Å². The molecule has 1 fully saturated rings. The normalized spacial score (nSPS) is 18.5. The SMILES string of the molecule is CC1(C)CC(N(Cc2ccncc2)C(=S)Nc2cccc(Cl)c2)CC(C)(C)N1. The van der Waals surface area contributed by atoms with E-state index in [4.69, 9.17) is 23.8 Å². The molecule has 0 amide bonds. The minimum atomic E-state index is 0.0363. The molecule has 1 aromatic heterocycles. The highest BCUT2D eigenvalue weighted by molar-refractivity contribution is 7.80. The lowest BCUT2D eigenvalue weighted by Crippen LogP contribution is -2.63. The quantitative estimate of drug-likeness (QED) is 0.666. The Kier molecular flexibility index (Phi) is 6.28. The number of nitrogens with one attached hydrogen (secondary N) is 2. The highest BCUT2D eigenvalue weighted by atomic mass is 35.5. The molecule has 2 aromatic rings. The van der Waals surface area contributed by atoms with Gasteiger partial charge in [-0.05, 0) is 88.6 Å². The summed E-state index contributed by atoms with van der Waals surface area (Å²) in [6, 6.07) is 12.1. The Balaban J connectivity index is 1.87. The molecule has 0 spiro atoms. The van der Waals surface area contributed by atoms with E-state index >= 15 is 0 Å². The molecule has 150 valence electrons. The Hall–Kier alpha value is -1.69. The van der Waals surface area contributed by atoms with Crippen LogP contribution < -0.4 is 10.6 Å². The van der Waals surface area contributed by atoms with E-state index in [0.717, 1.165) is 30.2 Å². The zero-order valence-electron chi connectivity index (χ0n) is 17.0. The Morgan fingerprint density at radius 3 is 2.43 bits per heavy atom. The third-order valence-corrected chi connectivity index (χ3v) is 5.62. The van der Waals surface area contributed by atoms with Gasteiger partial charge in [-0.1, -0.05) is 17.7 Å². The molecule has 0 bridgehead atoms. The van der Waals surface area contributed by atoms with Crippen molar-refractivity contribution in [3.05, 3.63) is 59.4 Å². The van der Waals surface area contributed by atoms with Gasteiger partial charge in [0, 0.05) is 46.8 Å². The fraction of sp³-hybridized carbons (Fsp3) is 0.455. The predicted molar refractivity (Wildman–Crippen MR) is 122 cm³/mol. The topological polar surface area (TPSA) is 40.2 Å². The molecule has 0 saturated carbocycles. The first-order chi connectivity index (χ1) is 13.1. The molecule has 1 aliphatic rings. The molecule has 6 heteroatoms. The van der Waals surface area contributed by atoms with Crippen LogP contribution in [0, 0.1) is 0 Å². The van der Waals surface area contributed by atoms with Gasteiger partial charge >= 0.3 is 0 Å². The van der Waals surface area contributed by atoms with Crippen LogP contribution in [0.4, 0.5) is 5.69 Å². The lowest BCUT2D eigenvalue weighted by Gasteiger charge is -2.50. The minimum Gasteiger partial charge on any atom is -0.342 e. The second-order valence-corrected chi connectivity index (χ2v) is 9.70. The van der Waals surface area contributed by atoms with Crippen LogP contribution >= 0.6 is 23.8 Å². The maximum absolute atomic E-state index is 6.15. The molecular weight excluding hydrogens is 388 g/mol. The van der Waals surface area contributed by atoms with Crippen LogP contribution in [0.15, 0.2) is 48.8 Å². The van der Waals surface area contributed by atoms with Crippen molar-refractivity contribution in [2.24, 2.45) is 0 Å². The number of piperidine rings is 1. The third kappa shape index (κ3) is 5.66. The number of nitrogens with zero attached hydrogens (tertiary/aromatic N) is 2. The van der Waals surface area contributed by atoms with E-state index in [-0.39, 0.29) is 11.1 Å². The van der Waals surface area contributed by atoms with Crippen LogP contribution in [0.3, 0.4) is 0 Å². The highest BCUT2D eigenvalue weighted by Gasteiger charge is 2.40. The zero-order chi connectivity index (χ0) is 20.4. The fourth-order valence-electron chi connectivity index (χ4n) is 4.30. The van der Waals surface area contributed by atoms with Gasteiger partial charge < -0.3 is 15.5 Å². The standard InChI is InChI=1S/C22H29ClN4S/c1-21(2)13-19(14-22(3,4)26-21)27(15-16-8-10-24-11-9-16)20(28)25-18-7-5-6-17(23)12-18/h5-12,19,26H,13-15H2,1-4H3,(H,25,28).